The zero-order valence-electron chi connectivity index (χ0n) is 22.4. The molecule has 2 aromatic carbocycles. The Hall–Kier alpha value is -3.17. The molecule has 37 heavy (non-hydrogen) atoms. The second-order valence-corrected chi connectivity index (χ2v) is 10.9. The smallest absolute Gasteiger partial charge is 0.413 e. The van der Waals surface area contributed by atoms with Crippen molar-refractivity contribution >= 4 is 23.5 Å². The molecule has 0 saturated carbocycles. The molecular formula is C27H35ClN4O5. The number of halogens is 1. The van der Waals surface area contributed by atoms with Gasteiger partial charge in [0, 0.05) is 17.2 Å². The Kier molecular flexibility index (Phi) is 7.48. The third-order valence-corrected chi connectivity index (χ3v) is 6.55. The van der Waals surface area contributed by atoms with Gasteiger partial charge in [0.25, 0.3) is 0 Å². The fraction of sp³-hybridized carbons (Fsp3) is 0.481. The van der Waals surface area contributed by atoms with E-state index < -0.39 is 17.4 Å². The molecule has 200 valence electrons. The number of amides is 1. The highest BCUT2D eigenvalue weighted by atomic mass is 35.5. The first-order chi connectivity index (χ1) is 17.4. The molecule has 10 heteroatoms. The van der Waals surface area contributed by atoms with Crippen molar-refractivity contribution in [2.75, 3.05) is 27.5 Å². The average Bonchev–Trinajstić information content (AvgIpc) is 3.42. The molecule has 0 aliphatic carbocycles. The molecule has 0 bridgehead atoms. The van der Waals surface area contributed by atoms with Crippen molar-refractivity contribution in [3.05, 3.63) is 58.1 Å². The van der Waals surface area contributed by atoms with Gasteiger partial charge in [-0.1, -0.05) is 17.7 Å². The van der Waals surface area contributed by atoms with Crippen LogP contribution in [-0.2, 0) is 16.0 Å². The Morgan fingerprint density at radius 3 is 2.62 bits per heavy atom. The van der Waals surface area contributed by atoms with Crippen LogP contribution in [0.25, 0.3) is 0 Å². The number of methoxy groups -OCH3 is 2. The number of hydrogen-bond donors (Lipinski definition) is 1. The monoisotopic (exact) mass is 530 g/mol. The van der Waals surface area contributed by atoms with E-state index in [9.17, 15) is 4.79 Å². The summed E-state index contributed by atoms with van der Waals surface area (Å²) in [6.07, 6.45) is -0.424. The molecule has 0 aromatic heterocycles. The number of amidine groups is 1. The largest absolute Gasteiger partial charge is 0.497 e. The average molecular weight is 531 g/mol. The van der Waals surface area contributed by atoms with Crippen molar-refractivity contribution in [2.45, 2.75) is 58.5 Å². The quantitative estimate of drug-likeness (QED) is 0.554. The van der Waals surface area contributed by atoms with E-state index in [1.807, 2.05) is 76.0 Å². The number of hydrazone groups is 1. The lowest BCUT2D eigenvalue weighted by atomic mass is 10.0. The standard InChI is InChI=1S/C27H35ClN4O5/c1-26(2,3)37-25(33)32-22(15-36-27(32,4)5)17-9-11-21(28)20(12-17)24-29-16-31(30-24)14-18-8-10-19(34-6)13-23(18)35-7/h8-13,22H,14-16H2,1-7H3,(H,29,30). The predicted octanol–water partition coefficient (Wildman–Crippen LogP) is 5.13. The van der Waals surface area contributed by atoms with E-state index in [1.54, 1.807) is 19.1 Å². The predicted molar refractivity (Wildman–Crippen MR) is 142 cm³/mol. The van der Waals surface area contributed by atoms with Gasteiger partial charge in [-0.25, -0.2) is 4.79 Å². The van der Waals surface area contributed by atoms with Gasteiger partial charge in [0.05, 0.1) is 38.4 Å². The normalized spacial score (nSPS) is 18.9. The summed E-state index contributed by atoms with van der Waals surface area (Å²) < 4.78 is 22.5. The summed E-state index contributed by atoms with van der Waals surface area (Å²) in [5.41, 5.74) is 1.18. The van der Waals surface area contributed by atoms with Crippen molar-refractivity contribution in [2.24, 2.45) is 5.10 Å². The van der Waals surface area contributed by atoms with Gasteiger partial charge < -0.3 is 24.3 Å². The van der Waals surface area contributed by atoms with Gasteiger partial charge in [-0.2, -0.15) is 5.10 Å². The number of nitrogens with zero attached hydrogens (tertiary/aromatic N) is 3. The molecule has 0 spiro atoms. The fourth-order valence-electron chi connectivity index (χ4n) is 4.44. The van der Waals surface area contributed by atoms with Crippen LogP contribution in [0.15, 0.2) is 41.5 Å². The van der Waals surface area contributed by atoms with E-state index in [0.717, 1.165) is 28.2 Å². The molecule has 2 aliphatic heterocycles. The summed E-state index contributed by atoms with van der Waals surface area (Å²) in [6, 6.07) is 11.1. The van der Waals surface area contributed by atoms with E-state index in [1.165, 1.54) is 0 Å². The van der Waals surface area contributed by atoms with Crippen LogP contribution < -0.4 is 14.8 Å². The van der Waals surface area contributed by atoms with Crippen molar-refractivity contribution in [1.82, 2.24) is 15.2 Å². The number of ether oxygens (including phenoxy) is 4. The van der Waals surface area contributed by atoms with E-state index >= 15 is 0 Å². The molecule has 1 amide bonds. The zero-order chi connectivity index (χ0) is 27.0. The second kappa shape index (κ2) is 10.3. The van der Waals surface area contributed by atoms with E-state index in [0.29, 0.717) is 30.7 Å². The summed E-state index contributed by atoms with van der Waals surface area (Å²) >= 11 is 6.60. The number of hydrogen-bond acceptors (Lipinski definition) is 8. The Morgan fingerprint density at radius 2 is 1.95 bits per heavy atom. The second-order valence-electron chi connectivity index (χ2n) is 10.5. The minimum Gasteiger partial charge on any atom is -0.497 e. The van der Waals surface area contributed by atoms with Gasteiger partial charge >= 0.3 is 6.09 Å². The van der Waals surface area contributed by atoms with Gasteiger partial charge in [-0.15, -0.1) is 0 Å². The van der Waals surface area contributed by atoms with Crippen molar-refractivity contribution in [1.29, 1.82) is 0 Å². The molecule has 4 rings (SSSR count). The Balaban J connectivity index is 1.58. The number of rotatable bonds is 6. The van der Waals surface area contributed by atoms with Crippen LogP contribution in [0.3, 0.4) is 0 Å². The maximum absolute atomic E-state index is 13.1. The van der Waals surface area contributed by atoms with Crippen LogP contribution in [0.1, 0.15) is 57.4 Å². The zero-order valence-corrected chi connectivity index (χ0v) is 23.2. The topological polar surface area (TPSA) is 84.9 Å². The molecule has 9 nitrogen and oxygen atoms in total. The van der Waals surface area contributed by atoms with Crippen molar-refractivity contribution in [3.8, 4) is 11.5 Å². The lowest BCUT2D eigenvalue weighted by molar-refractivity contribution is -0.0626. The Morgan fingerprint density at radius 1 is 1.19 bits per heavy atom. The highest BCUT2D eigenvalue weighted by Gasteiger charge is 2.46. The Bertz CT molecular complexity index is 1190. The Labute approximate surface area is 223 Å². The molecular weight excluding hydrogens is 496 g/mol. The molecule has 2 aliphatic rings. The minimum atomic E-state index is -0.815. The lowest BCUT2D eigenvalue weighted by Crippen LogP contribution is -2.47. The number of carbonyl (C=O) groups excluding carboxylic acids is 1. The van der Waals surface area contributed by atoms with Crippen LogP contribution in [0.4, 0.5) is 4.79 Å². The molecule has 1 unspecified atom stereocenters. The molecule has 1 N–H and O–H groups in total. The van der Waals surface area contributed by atoms with Gasteiger partial charge in [-0.3, -0.25) is 9.91 Å². The van der Waals surface area contributed by atoms with E-state index in [-0.39, 0.29) is 6.04 Å². The first-order valence-corrected chi connectivity index (χ1v) is 12.5. The van der Waals surface area contributed by atoms with E-state index in [4.69, 9.17) is 35.6 Å². The van der Waals surface area contributed by atoms with Crippen LogP contribution >= 0.6 is 11.6 Å². The van der Waals surface area contributed by atoms with Gasteiger partial charge in [-0.05, 0) is 64.4 Å². The highest BCUT2D eigenvalue weighted by molar-refractivity contribution is 6.34. The van der Waals surface area contributed by atoms with Crippen LogP contribution in [0, 0.1) is 0 Å². The van der Waals surface area contributed by atoms with Crippen LogP contribution in [0.2, 0.25) is 5.02 Å². The highest BCUT2D eigenvalue weighted by Crippen LogP contribution is 2.39. The van der Waals surface area contributed by atoms with Crippen LogP contribution in [-0.4, -0.2) is 60.7 Å². The lowest BCUT2D eigenvalue weighted by Gasteiger charge is -2.35. The van der Waals surface area contributed by atoms with Gasteiger partial charge in [0.2, 0.25) is 0 Å². The van der Waals surface area contributed by atoms with Crippen LogP contribution in [0.5, 0.6) is 11.5 Å². The third kappa shape index (κ3) is 5.88. The molecule has 2 heterocycles. The number of carbonyl (C=O) groups is 1. The molecule has 2 aromatic rings. The van der Waals surface area contributed by atoms with Crippen molar-refractivity contribution < 1.29 is 23.7 Å². The molecule has 1 atom stereocenters. The summed E-state index contributed by atoms with van der Waals surface area (Å²) in [5, 5.41) is 10.6. The summed E-state index contributed by atoms with van der Waals surface area (Å²) in [4.78, 5) is 14.8. The first-order valence-electron chi connectivity index (χ1n) is 12.2. The third-order valence-electron chi connectivity index (χ3n) is 6.22. The maximum Gasteiger partial charge on any atom is 0.413 e. The first kappa shape index (κ1) is 26.9. The van der Waals surface area contributed by atoms with Gasteiger partial charge in [0.1, 0.15) is 29.5 Å². The van der Waals surface area contributed by atoms with Crippen molar-refractivity contribution in [3.63, 3.8) is 0 Å². The summed E-state index contributed by atoms with van der Waals surface area (Å²) in [6.45, 7) is 10.7. The molecule has 0 radical (unpaired) electrons. The molecule has 1 fully saturated rings. The maximum atomic E-state index is 13.1. The number of benzene rings is 2. The summed E-state index contributed by atoms with van der Waals surface area (Å²) in [7, 11) is 3.26. The van der Waals surface area contributed by atoms with Gasteiger partial charge in [0.15, 0.2) is 5.84 Å². The fourth-order valence-corrected chi connectivity index (χ4v) is 4.64. The minimum absolute atomic E-state index is 0.331. The summed E-state index contributed by atoms with van der Waals surface area (Å²) in [5.74, 6) is 2.11. The van der Waals surface area contributed by atoms with E-state index in [2.05, 4.69) is 5.32 Å². The molecule has 1 saturated heterocycles. The number of nitrogens with one attached hydrogen (secondary N) is 1. The SMILES string of the molecule is COc1ccc(CN2CNC(c3cc(C4COC(C)(C)N4C(=O)OC(C)(C)C)ccc3Cl)=N2)c(OC)c1.